The lowest BCUT2D eigenvalue weighted by Gasteiger charge is -2.34. The van der Waals surface area contributed by atoms with Gasteiger partial charge in [-0.2, -0.15) is 5.26 Å². The van der Waals surface area contributed by atoms with Crippen LogP contribution in [0, 0.1) is 11.3 Å². The van der Waals surface area contributed by atoms with Crippen molar-refractivity contribution >= 4 is 28.6 Å². The minimum Gasteiger partial charge on any atom is -0.356 e. The summed E-state index contributed by atoms with van der Waals surface area (Å²) in [6.07, 6.45) is 4.39. The van der Waals surface area contributed by atoms with E-state index in [9.17, 15) is 9.59 Å². The molecule has 0 radical (unpaired) electrons. The average molecular weight is 397 g/mol. The van der Waals surface area contributed by atoms with E-state index >= 15 is 0 Å². The van der Waals surface area contributed by atoms with Gasteiger partial charge in [-0.05, 0) is 31.0 Å². The van der Waals surface area contributed by atoms with Gasteiger partial charge in [0.2, 0.25) is 0 Å². The third-order valence-corrected chi connectivity index (χ3v) is 5.35. The predicted molar refractivity (Wildman–Crippen MR) is 106 cm³/mol. The van der Waals surface area contributed by atoms with Crippen LogP contribution in [0.25, 0.3) is 11.2 Å². The Balaban J connectivity index is 1.66. The van der Waals surface area contributed by atoms with Gasteiger partial charge in [-0.25, -0.2) is 9.97 Å². The minimum absolute atomic E-state index is 0.132. The van der Waals surface area contributed by atoms with Gasteiger partial charge in [0, 0.05) is 38.6 Å². The van der Waals surface area contributed by atoms with Gasteiger partial charge in [-0.3, -0.25) is 14.2 Å². The third kappa shape index (κ3) is 3.04. The van der Waals surface area contributed by atoms with Gasteiger partial charge in [0.25, 0.3) is 0 Å². The summed E-state index contributed by atoms with van der Waals surface area (Å²) in [5.41, 5.74) is 0.355. The number of rotatable bonds is 2. The van der Waals surface area contributed by atoms with E-state index in [0.29, 0.717) is 47.7 Å². The molecule has 3 aromatic rings. The number of hydrogen-bond acceptors (Lipinski definition) is 6. The minimum atomic E-state index is -0.590. The summed E-state index contributed by atoms with van der Waals surface area (Å²) in [6.45, 7) is 1.36. The number of pyridine rings is 2. The van der Waals surface area contributed by atoms with Crippen LogP contribution in [0.4, 0.5) is 5.82 Å². The fourth-order valence-corrected chi connectivity index (χ4v) is 3.79. The van der Waals surface area contributed by atoms with Crippen molar-refractivity contribution in [1.82, 2.24) is 19.1 Å². The molecule has 9 heteroatoms. The highest BCUT2D eigenvalue weighted by atomic mass is 35.5. The van der Waals surface area contributed by atoms with Crippen LogP contribution in [0.15, 0.2) is 40.2 Å². The number of hydrogen-bond donors (Lipinski definition) is 0. The van der Waals surface area contributed by atoms with Crippen LogP contribution in [0.1, 0.15) is 24.4 Å². The Hall–Kier alpha value is -3.18. The second-order valence-electron chi connectivity index (χ2n) is 6.77. The number of aromatic nitrogens is 4. The monoisotopic (exact) mass is 396 g/mol. The number of nitriles is 1. The van der Waals surface area contributed by atoms with E-state index in [4.69, 9.17) is 16.9 Å². The molecule has 0 spiro atoms. The van der Waals surface area contributed by atoms with Crippen molar-refractivity contribution in [2.24, 2.45) is 7.05 Å². The lowest BCUT2D eigenvalue weighted by Crippen LogP contribution is -2.45. The van der Waals surface area contributed by atoms with Gasteiger partial charge in [-0.1, -0.05) is 11.6 Å². The van der Waals surface area contributed by atoms with Gasteiger partial charge in [-0.15, -0.1) is 0 Å². The number of fused-ring (bicyclic) bond motifs is 1. The highest BCUT2D eigenvalue weighted by Gasteiger charge is 2.25. The fourth-order valence-electron chi connectivity index (χ4n) is 3.64. The Morgan fingerprint density at radius 1 is 1.14 bits per heavy atom. The molecule has 0 saturated carbocycles. The molecule has 0 unspecified atom stereocenters. The van der Waals surface area contributed by atoms with Crippen LogP contribution < -0.4 is 16.0 Å². The smallest absolute Gasteiger partial charge is 0.318 e. The number of nitrogens with zero attached hydrogens (tertiary/aromatic N) is 6. The maximum absolute atomic E-state index is 12.7. The summed E-state index contributed by atoms with van der Waals surface area (Å²) in [5, 5.41) is 9.31. The maximum atomic E-state index is 12.7. The van der Waals surface area contributed by atoms with Crippen molar-refractivity contribution in [2.45, 2.75) is 18.9 Å². The van der Waals surface area contributed by atoms with Gasteiger partial charge in [0.15, 0.2) is 5.65 Å². The standard InChI is InChI=1S/C19H17ClN6O2/c1-24-15-8-13(20)11-23-17(15)26(19(28)18(24)27)14-4-6-25(7-5-14)16-3-2-12(9-21)10-22-16/h2-3,8,10-11,14H,4-7H2,1H3. The summed E-state index contributed by atoms with van der Waals surface area (Å²) < 4.78 is 2.81. The molecule has 1 fully saturated rings. The first-order chi connectivity index (χ1) is 13.5. The van der Waals surface area contributed by atoms with E-state index in [-0.39, 0.29) is 6.04 Å². The van der Waals surface area contributed by atoms with Crippen molar-refractivity contribution in [2.75, 3.05) is 18.0 Å². The predicted octanol–water partition coefficient (Wildman–Crippen LogP) is 1.86. The quantitative estimate of drug-likeness (QED) is 0.613. The molecule has 142 valence electrons. The molecule has 0 N–H and O–H groups in total. The second-order valence-corrected chi connectivity index (χ2v) is 7.21. The largest absolute Gasteiger partial charge is 0.356 e. The van der Waals surface area contributed by atoms with E-state index < -0.39 is 11.1 Å². The molecule has 3 aromatic heterocycles. The molecule has 8 nitrogen and oxygen atoms in total. The highest BCUT2D eigenvalue weighted by molar-refractivity contribution is 6.31. The summed E-state index contributed by atoms with van der Waals surface area (Å²) in [5.74, 6) is 0.795. The van der Waals surface area contributed by atoms with Gasteiger partial charge in [0.05, 0.1) is 16.1 Å². The van der Waals surface area contributed by atoms with Gasteiger partial charge >= 0.3 is 11.1 Å². The normalized spacial score (nSPS) is 15.0. The summed E-state index contributed by atoms with van der Waals surface area (Å²) >= 11 is 6.03. The number of aryl methyl sites for hydroxylation is 1. The van der Waals surface area contributed by atoms with E-state index in [1.165, 1.54) is 15.3 Å². The van der Waals surface area contributed by atoms with E-state index in [2.05, 4.69) is 20.9 Å². The van der Waals surface area contributed by atoms with Gasteiger partial charge in [0.1, 0.15) is 11.9 Å². The van der Waals surface area contributed by atoms with Crippen molar-refractivity contribution in [3.8, 4) is 6.07 Å². The average Bonchev–Trinajstić information content (AvgIpc) is 2.73. The number of halogens is 1. The fraction of sp³-hybridized carbons (Fsp3) is 0.316. The third-order valence-electron chi connectivity index (χ3n) is 5.14. The Morgan fingerprint density at radius 3 is 2.54 bits per heavy atom. The zero-order chi connectivity index (χ0) is 19.8. The maximum Gasteiger partial charge on any atom is 0.318 e. The molecule has 4 rings (SSSR count). The SMILES string of the molecule is Cn1c(=O)c(=O)n(C2CCN(c3ccc(C#N)cn3)CC2)c2ncc(Cl)cc21. The van der Waals surface area contributed by atoms with Crippen LogP contribution in [0.2, 0.25) is 5.02 Å². The Bertz CT molecular complexity index is 1200. The highest BCUT2D eigenvalue weighted by Crippen LogP contribution is 2.26. The number of piperidine rings is 1. The van der Waals surface area contributed by atoms with Crippen LogP contribution in [-0.4, -0.2) is 32.2 Å². The lowest BCUT2D eigenvalue weighted by molar-refractivity contribution is 0.391. The molecule has 0 aliphatic carbocycles. The van der Waals surface area contributed by atoms with Crippen LogP contribution in [0.5, 0.6) is 0 Å². The molecule has 0 amide bonds. The second kappa shape index (κ2) is 7.09. The van der Waals surface area contributed by atoms with E-state index in [1.54, 1.807) is 25.4 Å². The Labute approximate surface area is 165 Å². The van der Waals surface area contributed by atoms with Crippen molar-refractivity contribution in [3.63, 3.8) is 0 Å². The van der Waals surface area contributed by atoms with E-state index in [1.807, 2.05) is 6.07 Å². The van der Waals surface area contributed by atoms with Crippen molar-refractivity contribution in [1.29, 1.82) is 5.26 Å². The lowest BCUT2D eigenvalue weighted by atomic mass is 10.0. The summed E-state index contributed by atoms with van der Waals surface area (Å²) in [6, 6.07) is 7.13. The van der Waals surface area contributed by atoms with Crippen LogP contribution in [0.3, 0.4) is 0 Å². The molecule has 1 aliphatic heterocycles. The summed E-state index contributed by atoms with van der Waals surface area (Å²) in [7, 11) is 1.55. The molecule has 4 heterocycles. The molecular weight excluding hydrogens is 380 g/mol. The van der Waals surface area contributed by atoms with Crippen molar-refractivity contribution < 1.29 is 0 Å². The van der Waals surface area contributed by atoms with E-state index in [0.717, 1.165) is 5.82 Å². The molecule has 0 bridgehead atoms. The first kappa shape index (κ1) is 18.2. The summed E-state index contributed by atoms with van der Waals surface area (Å²) in [4.78, 5) is 35.9. The van der Waals surface area contributed by atoms with Gasteiger partial charge < -0.3 is 9.47 Å². The first-order valence-electron chi connectivity index (χ1n) is 8.87. The van der Waals surface area contributed by atoms with Crippen LogP contribution in [-0.2, 0) is 7.05 Å². The number of anilines is 1. The molecule has 1 saturated heterocycles. The first-order valence-corrected chi connectivity index (χ1v) is 9.25. The molecular formula is C19H17ClN6O2. The molecule has 0 atom stereocenters. The molecule has 0 aromatic carbocycles. The van der Waals surface area contributed by atoms with Crippen molar-refractivity contribution in [3.05, 3.63) is 61.9 Å². The zero-order valence-corrected chi connectivity index (χ0v) is 15.9. The molecule has 1 aliphatic rings. The molecule has 28 heavy (non-hydrogen) atoms. The Morgan fingerprint density at radius 2 is 1.89 bits per heavy atom. The van der Waals surface area contributed by atoms with Crippen LogP contribution >= 0.6 is 11.6 Å². The topological polar surface area (TPSA) is 96.8 Å². The Kier molecular flexibility index (Phi) is 4.61. The zero-order valence-electron chi connectivity index (χ0n) is 15.2.